The van der Waals surface area contributed by atoms with Crippen LogP contribution in [0.25, 0.3) is 10.8 Å². The van der Waals surface area contributed by atoms with Crippen LogP contribution in [0.2, 0.25) is 0 Å². The monoisotopic (exact) mass is 318 g/mol. The summed E-state index contributed by atoms with van der Waals surface area (Å²) in [5.41, 5.74) is 0. The first-order chi connectivity index (χ1) is 10.6. The van der Waals surface area contributed by atoms with E-state index in [1.807, 2.05) is 30.3 Å². The van der Waals surface area contributed by atoms with E-state index in [1.54, 1.807) is 12.1 Å². The van der Waals surface area contributed by atoms with Crippen LogP contribution in [0.15, 0.2) is 47.4 Å². The average molecular weight is 318 g/mol. The van der Waals surface area contributed by atoms with Crippen LogP contribution in [0.5, 0.6) is 0 Å². The number of likely N-dealkylation sites (N-methyl/N-ethyl adjacent to an activating group) is 1. The standard InChI is InChI=1S/C17H22N2O2S/c1-2-19-11-5-8-16(13-19)18-22(20,21)17-10-9-14-6-3-4-7-15(14)12-17/h3-4,6-7,9-10,12,16,18H,2,5,8,11,13H2,1H3. The van der Waals surface area contributed by atoms with Gasteiger partial charge in [0.25, 0.3) is 0 Å². The number of benzene rings is 2. The summed E-state index contributed by atoms with van der Waals surface area (Å²) in [7, 11) is -3.46. The molecule has 1 fully saturated rings. The fourth-order valence-corrected chi connectivity index (χ4v) is 4.36. The van der Waals surface area contributed by atoms with E-state index in [0.29, 0.717) is 4.90 Å². The van der Waals surface area contributed by atoms with Crippen LogP contribution in [0.3, 0.4) is 0 Å². The minimum Gasteiger partial charge on any atom is -0.302 e. The third kappa shape index (κ3) is 3.32. The van der Waals surface area contributed by atoms with Crippen molar-refractivity contribution >= 4 is 20.8 Å². The van der Waals surface area contributed by atoms with Gasteiger partial charge in [0.05, 0.1) is 4.90 Å². The number of nitrogens with zero attached hydrogens (tertiary/aromatic N) is 1. The van der Waals surface area contributed by atoms with Crippen molar-refractivity contribution < 1.29 is 8.42 Å². The highest BCUT2D eigenvalue weighted by molar-refractivity contribution is 7.89. The first kappa shape index (κ1) is 15.5. The Labute approximate surface area is 132 Å². The quantitative estimate of drug-likeness (QED) is 0.943. The summed E-state index contributed by atoms with van der Waals surface area (Å²) in [6.45, 7) is 4.93. The summed E-state index contributed by atoms with van der Waals surface area (Å²) in [6, 6.07) is 13.1. The van der Waals surface area contributed by atoms with Gasteiger partial charge in [0, 0.05) is 12.6 Å². The average Bonchev–Trinajstić information content (AvgIpc) is 2.54. The number of hydrogen-bond acceptors (Lipinski definition) is 3. The third-order valence-electron chi connectivity index (χ3n) is 4.31. The molecule has 3 rings (SSSR count). The lowest BCUT2D eigenvalue weighted by molar-refractivity contribution is 0.211. The molecule has 5 heteroatoms. The molecule has 0 radical (unpaired) electrons. The fourth-order valence-electron chi connectivity index (χ4n) is 3.06. The molecule has 0 aromatic heterocycles. The van der Waals surface area contributed by atoms with Gasteiger partial charge in [0.1, 0.15) is 0 Å². The van der Waals surface area contributed by atoms with Crippen molar-refractivity contribution in [3.63, 3.8) is 0 Å². The molecule has 0 saturated carbocycles. The maximum atomic E-state index is 12.6. The molecule has 0 amide bonds. The number of nitrogens with one attached hydrogen (secondary N) is 1. The Morgan fingerprint density at radius 1 is 1.18 bits per heavy atom. The third-order valence-corrected chi connectivity index (χ3v) is 5.82. The lowest BCUT2D eigenvalue weighted by atomic mass is 10.1. The van der Waals surface area contributed by atoms with E-state index in [9.17, 15) is 8.42 Å². The maximum Gasteiger partial charge on any atom is 0.240 e. The summed E-state index contributed by atoms with van der Waals surface area (Å²) >= 11 is 0. The van der Waals surface area contributed by atoms with E-state index in [2.05, 4.69) is 16.5 Å². The van der Waals surface area contributed by atoms with Crippen molar-refractivity contribution in [1.29, 1.82) is 0 Å². The SMILES string of the molecule is CCN1CCCC(NS(=O)(=O)c2ccc3ccccc3c2)C1. The Balaban J connectivity index is 1.81. The van der Waals surface area contributed by atoms with Crippen LogP contribution in [0, 0.1) is 0 Å². The first-order valence-electron chi connectivity index (χ1n) is 7.82. The zero-order valence-electron chi connectivity index (χ0n) is 12.8. The van der Waals surface area contributed by atoms with E-state index in [0.717, 1.165) is 43.2 Å². The number of rotatable bonds is 4. The molecule has 2 aromatic rings. The molecule has 1 heterocycles. The van der Waals surface area contributed by atoms with Gasteiger partial charge < -0.3 is 4.90 Å². The van der Waals surface area contributed by atoms with Gasteiger partial charge in [0.15, 0.2) is 0 Å². The van der Waals surface area contributed by atoms with Crippen molar-refractivity contribution in [2.75, 3.05) is 19.6 Å². The van der Waals surface area contributed by atoms with Crippen molar-refractivity contribution in [2.24, 2.45) is 0 Å². The van der Waals surface area contributed by atoms with Crippen LogP contribution < -0.4 is 4.72 Å². The molecule has 22 heavy (non-hydrogen) atoms. The highest BCUT2D eigenvalue weighted by Crippen LogP contribution is 2.20. The van der Waals surface area contributed by atoms with Crippen LogP contribution in [-0.4, -0.2) is 39.0 Å². The summed E-state index contributed by atoms with van der Waals surface area (Å²) in [5, 5.41) is 2.00. The van der Waals surface area contributed by atoms with E-state index < -0.39 is 10.0 Å². The van der Waals surface area contributed by atoms with Gasteiger partial charge in [0.2, 0.25) is 10.0 Å². The van der Waals surface area contributed by atoms with E-state index >= 15 is 0 Å². The molecular formula is C17H22N2O2S. The fraction of sp³-hybridized carbons (Fsp3) is 0.412. The molecule has 0 bridgehead atoms. The first-order valence-corrected chi connectivity index (χ1v) is 9.30. The highest BCUT2D eigenvalue weighted by atomic mass is 32.2. The number of fused-ring (bicyclic) bond motifs is 1. The minimum atomic E-state index is -3.46. The molecule has 0 aliphatic carbocycles. The van der Waals surface area contributed by atoms with Crippen molar-refractivity contribution in [2.45, 2.75) is 30.7 Å². The molecule has 1 N–H and O–H groups in total. The Morgan fingerprint density at radius 2 is 1.95 bits per heavy atom. The van der Waals surface area contributed by atoms with Gasteiger partial charge in [-0.15, -0.1) is 0 Å². The normalized spacial score (nSPS) is 20.3. The zero-order chi connectivity index (χ0) is 15.6. The minimum absolute atomic E-state index is 0.00479. The van der Waals surface area contributed by atoms with Gasteiger partial charge in [-0.3, -0.25) is 0 Å². The Kier molecular flexibility index (Phi) is 4.47. The molecule has 1 saturated heterocycles. The van der Waals surface area contributed by atoms with Crippen LogP contribution in [0.4, 0.5) is 0 Å². The number of likely N-dealkylation sites (tertiary alicyclic amines) is 1. The second kappa shape index (κ2) is 6.36. The van der Waals surface area contributed by atoms with Crippen LogP contribution >= 0.6 is 0 Å². The predicted molar refractivity (Wildman–Crippen MR) is 89.4 cm³/mol. The smallest absolute Gasteiger partial charge is 0.240 e. The lowest BCUT2D eigenvalue weighted by Crippen LogP contribution is -2.47. The van der Waals surface area contributed by atoms with Gasteiger partial charge >= 0.3 is 0 Å². The molecular weight excluding hydrogens is 296 g/mol. The van der Waals surface area contributed by atoms with Crippen molar-refractivity contribution in [3.05, 3.63) is 42.5 Å². The molecule has 1 aliphatic heterocycles. The maximum absolute atomic E-state index is 12.6. The summed E-state index contributed by atoms with van der Waals surface area (Å²) in [4.78, 5) is 2.64. The topological polar surface area (TPSA) is 49.4 Å². The van der Waals surface area contributed by atoms with Gasteiger partial charge in [-0.25, -0.2) is 13.1 Å². The van der Waals surface area contributed by atoms with Gasteiger partial charge in [-0.1, -0.05) is 37.3 Å². The lowest BCUT2D eigenvalue weighted by Gasteiger charge is -2.32. The highest BCUT2D eigenvalue weighted by Gasteiger charge is 2.24. The predicted octanol–water partition coefficient (Wildman–Crippen LogP) is 2.60. The second-order valence-electron chi connectivity index (χ2n) is 5.86. The number of hydrogen-bond donors (Lipinski definition) is 1. The summed E-state index contributed by atoms with van der Waals surface area (Å²) in [6.07, 6.45) is 1.95. The van der Waals surface area contributed by atoms with Crippen LogP contribution in [-0.2, 0) is 10.0 Å². The Hall–Kier alpha value is -1.43. The number of sulfonamides is 1. The van der Waals surface area contributed by atoms with Gasteiger partial charge in [-0.2, -0.15) is 0 Å². The van der Waals surface area contributed by atoms with Gasteiger partial charge in [-0.05, 0) is 48.8 Å². The van der Waals surface area contributed by atoms with Crippen molar-refractivity contribution in [1.82, 2.24) is 9.62 Å². The Morgan fingerprint density at radius 3 is 2.73 bits per heavy atom. The molecule has 0 spiro atoms. The van der Waals surface area contributed by atoms with E-state index in [1.165, 1.54) is 0 Å². The molecule has 1 atom stereocenters. The van der Waals surface area contributed by atoms with E-state index in [-0.39, 0.29) is 6.04 Å². The summed E-state index contributed by atoms with van der Waals surface area (Å²) < 4.78 is 28.1. The number of piperidine rings is 1. The Bertz CT molecular complexity index is 758. The largest absolute Gasteiger partial charge is 0.302 e. The van der Waals surface area contributed by atoms with E-state index in [4.69, 9.17) is 0 Å². The molecule has 4 nitrogen and oxygen atoms in total. The van der Waals surface area contributed by atoms with Crippen molar-refractivity contribution in [3.8, 4) is 0 Å². The summed E-state index contributed by atoms with van der Waals surface area (Å²) in [5.74, 6) is 0. The second-order valence-corrected chi connectivity index (χ2v) is 7.58. The molecule has 1 aliphatic rings. The van der Waals surface area contributed by atoms with Crippen LogP contribution in [0.1, 0.15) is 19.8 Å². The molecule has 118 valence electrons. The zero-order valence-corrected chi connectivity index (χ0v) is 13.6. The molecule has 1 unspecified atom stereocenters. The molecule has 2 aromatic carbocycles.